The predicted octanol–water partition coefficient (Wildman–Crippen LogP) is 3.10. The van der Waals surface area contributed by atoms with Crippen LogP contribution >= 0.6 is 0 Å². The van der Waals surface area contributed by atoms with Crippen molar-refractivity contribution in [2.75, 3.05) is 30.9 Å². The van der Waals surface area contributed by atoms with Crippen LogP contribution in [0.4, 0.5) is 11.4 Å². The maximum atomic E-state index is 13.0. The van der Waals surface area contributed by atoms with Crippen LogP contribution in [0.2, 0.25) is 0 Å². The van der Waals surface area contributed by atoms with Gasteiger partial charge >= 0.3 is 0 Å². The standard InChI is InChI=1S/C24H24N4O4/c1-32-12-11-27-10-8-15-13-16(4-7-20(15)27)22(29)25-17-5-6-19-18(14-17)24(31)28-9-2-3-21(28)23(30)26-19/h4-8,10,13-14,21H,2-3,9,11-12H2,1H3,(H,25,29)(H,26,30). The molecule has 0 bridgehead atoms. The number of fused-ring (bicyclic) bond motifs is 3. The first-order chi connectivity index (χ1) is 15.5. The highest BCUT2D eigenvalue weighted by Crippen LogP contribution is 2.30. The van der Waals surface area contributed by atoms with Gasteiger partial charge in [0.25, 0.3) is 11.8 Å². The Morgan fingerprint density at radius 1 is 1.19 bits per heavy atom. The molecule has 5 rings (SSSR count). The van der Waals surface area contributed by atoms with E-state index in [0.717, 1.165) is 23.9 Å². The zero-order chi connectivity index (χ0) is 22.2. The number of aromatic nitrogens is 1. The third kappa shape index (κ3) is 3.52. The lowest BCUT2D eigenvalue weighted by molar-refractivity contribution is -0.119. The number of amides is 3. The number of carbonyl (C=O) groups is 3. The number of ether oxygens (including phenoxy) is 1. The van der Waals surface area contributed by atoms with Crippen molar-refractivity contribution in [3.63, 3.8) is 0 Å². The Hall–Kier alpha value is -3.65. The number of carbonyl (C=O) groups excluding carboxylic acids is 3. The molecule has 3 amide bonds. The summed E-state index contributed by atoms with van der Waals surface area (Å²) in [4.78, 5) is 39.9. The zero-order valence-electron chi connectivity index (χ0n) is 17.8. The Balaban J connectivity index is 1.38. The molecule has 1 atom stereocenters. The van der Waals surface area contributed by atoms with Crippen molar-refractivity contribution in [2.45, 2.75) is 25.4 Å². The molecule has 0 saturated carbocycles. The van der Waals surface area contributed by atoms with E-state index in [-0.39, 0.29) is 17.7 Å². The van der Waals surface area contributed by atoms with E-state index in [1.165, 1.54) is 0 Å². The van der Waals surface area contributed by atoms with Crippen LogP contribution in [0.1, 0.15) is 33.6 Å². The van der Waals surface area contributed by atoms with Gasteiger partial charge in [-0.05, 0) is 55.3 Å². The van der Waals surface area contributed by atoms with Gasteiger partial charge in [0.2, 0.25) is 5.91 Å². The molecule has 0 aliphatic carbocycles. The summed E-state index contributed by atoms with van der Waals surface area (Å²) in [5.41, 5.74) is 2.94. The second-order valence-electron chi connectivity index (χ2n) is 8.14. The quantitative estimate of drug-likeness (QED) is 0.648. The van der Waals surface area contributed by atoms with Crippen molar-refractivity contribution in [1.82, 2.24) is 9.47 Å². The number of rotatable bonds is 5. The van der Waals surface area contributed by atoms with Gasteiger partial charge in [0.15, 0.2) is 0 Å². The molecular weight excluding hydrogens is 408 g/mol. The normalized spacial score (nSPS) is 17.7. The fourth-order valence-electron chi connectivity index (χ4n) is 4.49. The largest absolute Gasteiger partial charge is 0.383 e. The molecule has 0 radical (unpaired) electrons. The van der Waals surface area contributed by atoms with E-state index in [1.807, 2.05) is 24.4 Å². The first-order valence-corrected chi connectivity index (χ1v) is 10.7. The van der Waals surface area contributed by atoms with Gasteiger partial charge in [-0.2, -0.15) is 0 Å². The lowest BCUT2D eigenvalue weighted by atomic mass is 10.1. The van der Waals surface area contributed by atoms with E-state index in [2.05, 4.69) is 15.2 Å². The van der Waals surface area contributed by atoms with Crippen molar-refractivity contribution < 1.29 is 19.1 Å². The number of anilines is 2. The summed E-state index contributed by atoms with van der Waals surface area (Å²) in [6.45, 7) is 1.92. The molecule has 1 aromatic heterocycles. The summed E-state index contributed by atoms with van der Waals surface area (Å²) in [7, 11) is 1.67. The minimum absolute atomic E-state index is 0.155. The lowest BCUT2D eigenvalue weighted by Crippen LogP contribution is -2.40. The maximum Gasteiger partial charge on any atom is 0.256 e. The number of hydrogen-bond donors (Lipinski definition) is 2. The third-order valence-corrected chi connectivity index (χ3v) is 6.15. The van der Waals surface area contributed by atoms with E-state index in [1.54, 1.807) is 36.3 Å². The third-order valence-electron chi connectivity index (χ3n) is 6.15. The van der Waals surface area contributed by atoms with Crippen molar-refractivity contribution in [3.8, 4) is 0 Å². The molecule has 8 nitrogen and oxygen atoms in total. The van der Waals surface area contributed by atoms with E-state index >= 15 is 0 Å². The molecule has 2 aromatic carbocycles. The Morgan fingerprint density at radius 2 is 2.06 bits per heavy atom. The van der Waals surface area contributed by atoms with Crippen LogP contribution < -0.4 is 10.6 Å². The van der Waals surface area contributed by atoms with Crippen LogP contribution in [-0.4, -0.2) is 53.5 Å². The van der Waals surface area contributed by atoms with E-state index in [0.29, 0.717) is 42.1 Å². The molecule has 164 valence electrons. The first kappa shape index (κ1) is 20.3. The number of hydrogen-bond acceptors (Lipinski definition) is 4. The van der Waals surface area contributed by atoms with Crippen molar-refractivity contribution >= 4 is 40.0 Å². The summed E-state index contributed by atoms with van der Waals surface area (Å²) >= 11 is 0. The van der Waals surface area contributed by atoms with Gasteiger partial charge in [0.1, 0.15) is 6.04 Å². The Morgan fingerprint density at radius 3 is 2.91 bits per heavy atom. The number of nitrogens with zero attached hydrogens (tertiary/aromatic N) is 2. The van der Waals surface area contributed by atoms with Gasteiger partial charge in [-0.1, -0.05) is 0 Å². The molecule has 1 unspecified atom stereocenters. The topological polar surface area (TPSA) is 92.7 Å². The average molecular weight is 432 g/mol. The molecule has 2 aliphatic rings. The molecule has 1 fully saturated rings. The summed E-state index contributed by atoms with van der Waals surface area (Å²) in [6, 6.07) is 12.1. The van der Waals surface area contributed by atoms with Gasteiger partial charge in [-0.3, -0.25) is 14.4 Å². The highest BCUT2D eigenvalue weighted by Gasteiger charge is 2.38. The molecular formula is C24H24N4O4. The zero-order valence-corrected chi connectivity index (χ0v) is 17.8. The average Bonchev–Trinajstić information content (AvgIpc) is 3.43. The molecule has 3 aromatic rings. The summed E-state index contributed by atoms with van der Waals surface area (Å²) < 4.78 is 7.22. The van der Waals surface area contributed by atoms with E-state index < -0.39 is 6.04 Å². The predicted molar refractivity (Wildman–Crippen MR) is 121 cm³/mol. The van der Waals surface area contributed by atoms with Gasteiger partial charge in [-0.15, -0.1) is 0 Å². The number of nitrogens with one attached hydrogen (secondary N) is 2. The summed E-state index contributed by atoms with van der Waals surface area (Å²) in [5.74, 6) is -0.603. The molecule has 2 N–H and O–H groups in total. The highest BCUT2D eigenvalue weighted by molar-refractivity contribution is 6.12. The lowest BCUT2D eigenvalue weighted by Gasteiger charge is -2.20. The molecule has 0 spiro atoms. The molecule has 8 heteroatoms. The maximum absolute atomic E-state index is 13.0. The minimum atomic E-state index is -0.420. The monoisotopic (exact) mass is 432 g/mol. The number of benzene rings is 2. The van der Waals surface area contributed by atoms with Gasteiger partial charge < -0.3 is 24.8 Å². The Kier molecular flexibility index (Phi) is 5.14. The van der Waals surface area contributed by atoms with E-state index in [4.69, 9.17) is 4.74 Å². The summed E-state index contributed by atoms with van der Waals surface area (Å²) in [6.07, 6.45) is 3.46. The van der Waals surface area contributed by atoms with Crippen LogP contribution in [0, 0.1) is 0 Å². The van der Waals surface area contributed by atoms with Crippen molar-refractivity contribution in [2.24, 2.45) is 0 Å². The van der Waals surface area contributed by atoms with Gasteiger partial charge in [0, 0.05) is 48.5 Å². The molecule has 32 heavy (non-hydrogen) atoms. The Bertz CT molecular complexity index is 1230. The second kappa shape index (κ2) is 8.12. The van der Waals surface area contributed by atoms with Gasteiger partial charge in [-0.25, -0.2) is 0 Å². The van der Waals surface area contributed by atoms with Crippen molar-refractivity contribution in [1.29, 1.82) is 0 Å². The fraction of sp³-hybridized carbons (Fsp3) is 0.292. The number of methoxy groups -OCH3 is 1. The van der Waals surface area contributed by atoms with Crippen LogP contribution in [0.25, 0.3) is 10.9 Å². The van der Waals surface area contributed by atoms with Crippen molar-refractivity contribution in [3.05, 3.63) is 59.8 Å². The smallest absolute Gasteiger partial charge is 0.256 e. The summed E-state index contributed by atoms with van der Waals surface area (Å²) in [5, 5.41) is 6.69. The van der Waals surface area contributed by atoms with Gasteiger partial charge in [0.05, 0.1) is 17.9 Å². The molecule has 2 aliphatic heterocycles. The van der Waals surface area contributed by atoms with Crippen LogP contribution in [0.5, 0.6) is 0 Å². The second-order valence-corrected chi connectivity index (χ2v) is 8.14. The van der Waals surface area contributed by atoms with Crippen LogP contribution in [0.3, 0.4) is 0 Å². The Labute approximate surface area is 185 Å². The molecule has 1 saturated heterocycles. The minimum Gasteiger partial charge on any atom is -0.383 e. The van der Waals surface area contributed by atoms with Crippen LogP contribution in [0.15, 0.2) is 48.7 Å². The highest BCUT2D eigenvalue weighted by atomic mass is 16.5. The van der Waals surface area contributed by atoms with Crippen LogP contribution in [-0.2, 0) is 16.1 Å². The molecule has 3 heterocycles. The first-order valence-electron chi connectivity index (χ1n) is 10.7. The SMILES string of the molecule is COCCn1ccc2cc(C(=O)Nc3ccc4c(c3)C(=O)N3CCCC3C(=O)N4)ccc21. The fourth-order valence-corrected chi connectivity index (χ4v) is 4.49. The van der Waals surface area contributed by atoms with E-state index in [9.17, 15) is 14.4 Å².